The third-order valence-corrected chi connectivity index (χ3v) is 7.35. The maximum absolute atomic E-state index is 13.4. The lowest BCUT2D eigenvalue weighted by Gasteiger charge is -2.27. The second kappa shape index (κ2) is 9.40. The van der Waals surface area contributed by atoms with Crippen LogP contribution >= 0.6 is 46.4 Å². The van der Waals surface area contributed by atoms with E-state index < -0.39 is 11.5 Å². The van der Waals surface area contributed by atoms with Gasteiger partial charge in [0.25, 0.3) is 0 Å². The summed E-state index contributed by atoms with van der Waals surface area (Å²) in [4.78, 5) is 28.5. The molecule has 9 heteroatoms. The Hall–Kier alpha value is -1.50. The van der Waals surface area contributed by atoms with Crippen LogP contribution in [0.4, 0.5) is 0 Å². The van der Waals surface area contributed by atoms with E-state index >= 15 is 0 Å². The molecule has 0 spiro atoms. The second-order valence-electron chi connectivity index (χ2n) is 8.51. The first kappa shape index (κ1) is 23.7. The minimum Gasteiger partial charge on any atom is -0.343 e. The van der Waals surface area contributed by atoms with E-state index in [4.69, 9.17) is 52.1 Å². The molecule has 2 aromatic carbocycles. The molecular formula is C23H23Cl4N3O2. The highest BCUT2D eigenvalue weighted by atomic mass is 35.5. The van der Waals surface area contributed by atoms with E-state index in [9.17, 15) is 9.59 Å². The Morgan fingerprint density at radius 2 is 1.72 bits per heavy atom. The zero-order chi connectivity index (χ0) is 23.0. The van der Waals surface area contributed by atoms with Crippen molar-refractivity contribution in [3.05, 3.63) is 67.6 Å². The van der Waals surface area contributed by atoms with Crippen LogP contribution in [0.15, 0.2) is 36.4 Å². The monoisotopic (exact) mass is 513 g/mol. The normalized spacial score (nSPS) is 20.2. The molecule has 5 nitrogen and oxygen atoms in total. The van der Waals surface area contributed by atoms with Crippen LogP contribution in [-0.2, 0) is 21.4 Å². The van der Waals surface area contributed by atoms with Gasteiger partial charge in [-0.2, -0.15) is 0 Å². The summed E-state index contributed by atoms with van der Waals surface area (Å²) < 4.78 is 0. The summed E-state index contributed by atoms with van der Waals surface area (Å²) in [5.41, 5.74) is 6.69. The van der Waals surface area contributed by atoms with Crippen LogP contribution in [0.1, 0.15) is 30.4 Å². The van der Waals surface area contributed by atoms with Crippen molar-refractivity contribution in [2.45, 2.75) is 43.2 Å². The SMILES string of the molecule is NC1CCN(C(=O)C(Cc2ccc(Cl)cc2Cl)NC(=O)C2(c3ccc(Cl)cc3Cl)CC2)C1. The number of carbonyl (C=O) groups is 2. The number of benzene rings is 2. The Balaban J connectivity index is 1.59. The van der Waals surface area contributed by atoms with Gasteiger partial charge in [0, 0.05) is 45.6 Å². The van der Waals surface area contributed by atoms with Gasteiger partial charge in [0.15, 0.2) is 0 Å². The fraction of sp³-hybridized carbons (Fsp3) is 0.391. The number of nitrogens with two attached hydrogens (primary N) is 1. The van der Waals surface area contributed by atoms with Crippen molar-refractivity contribution in [3.8, 4) is 0 Å². The molecule has 1 aliphatic heterocycles. The highest BCUT2D eigenvalue weighted by Crippen LogP contribution is 2.51. The van der Waals surface area contributed by atoms with E-state index in [2.05, 4.69) is 5.32 Å². The van der Waals surface area contributed by atoms with Crippen LogP contribution in [0.5, 0.6) is 0 Å². The van der Waals surface area contributed by atoms with E-state index in [1.165, 1.54) is 0 Å². The Morgan fingerprint density at radius 1 is 1.06 bits per heavy atom. The molecule has 1 saturated heterocycles. The van der Waals surface area contributed by atoms with Crippen LogP contribution in [0.25, 0.3) is 0 Å². The topological polar surface area (TPSA) is 75.4 Å². The lowest BCUT2D eigenvalue weighted by Crippen LogP contribution is -2.52. The Morgan fingerprint density at radius 3 is 2.28 bits per heavy atom. The van der Waals surface area contributed by atoms with Gasteiger partial charge in [0.05, 0.1) is 5.41 Å². The number of likely N-dealkylation sites (tertiary alicyclic amines) is 1. The van der Waals surface area contributed by atoms with Crippen LogP contribution in [0, 0.1) is 0 Å². The number of carbonyl (C=O) groups excluding carboxylic acids is 2. The maximum atomic E-state index is 13.4. The van der Waals surface area contributed by atoms with Crippen molar-refractivity contribution < 1.29 is 9.59 Å². The van der Waals surface area contributed by atoms with Crippen LogP contribution < -0.4 is 11.1 Å². The molecule has 170 valence electrons. The number of amides is 2. The fourth-order valence-electron chi connectivity index (χ4n) is 4.23. The summed E-state index contributed by atoms with van der Waals surface area (Å²) in [6, 6.07) is 9.41. The summed E-state index contributed by atoms with van der Waals surface area (Å²) in [7, 11) is 0. The minimum absolute atomic E-state index is 0.0583. The molecule has 2 unspecified atom stereocenters. The van der Waals surface area contributed by atoms with Gasteiger partial charge in [0.1, 0.15) is 6.04 Å². The van der Waals surface area contributed by atoms with Crippen molar-refractivity contribution in [2.75, 3.05) is 13.1 Å². The number of hydrogen-bond donors (Lipinski definition) is 2. The molecule has 2 fully saturated rings. The highest BCUT2D eigenvalue weighted by molar-refractivity contribution is 6.35. The predicted octanol–water partition coefficient (Wildman–Crippen LogP) is 4.62. The van der Waals surface area contributed by atoms with E-state index in [-0.39, 0.29) is 24.3 Å². The van der Waals surface area contributed by atoms with Crippen molar-refractivity contribution in [3.63, 3.8) is 0 Å². The van der Waals surface area contributed by atoms with Gasteiger partial charge in [-0.15, -0.1) is 0 Å². The number of nitrogens with one attached hydrogen (secondary N) is 1. The van der Waals surface area contributed by atoms with E-state index in [1.807, 2.05) is 0 Å². The van der Waals surface area contributed by atoms with E-state index in [0.717, 1.165) is 17.5 Å². The van der Waals surface area contributed by atoms with Gasteiger partial charge in [-0.1, -0.05) is 58.5 Å². The molecule has 3 N–H and O–H groups in total. The van der Waals surface area contributed by atoms with E-state index in [1.54, 1.807) is 41.3 Å². The summed E-state index contributed by atoms with van der Waals surface area (Å²) in [5, 5.41) is 4.89. The Bertz CT molecular complexity index is 1060. The first-order valence-corrected chi connectivity index (χ1v) is 12.0. The van der Waals surface area contributed by atoms with Crippen LogP contribution in [0.2, 0.25) is 20.1 Å². The molecule has 2 aliphatic rings. The minimum atomic E-state index is -0.782. The van der Waals surface area contributed by atoms with Crippen molar-refractivity contribution in [2.24, 2.45) is 5.73 Å². The van der Waals surface area contributed by atoms with Crippen molar-refractivity contribution >= 4 is 58.2 Å². The number of halogens is 4. The zero-order valence-corrected chi connectivity index (χ0v) is 20.2. The lowest BCUT2D eigenvalue weighted by molar-refractivity contribution is -0.136. The molecule has 4 rings (SSSR count). The quantitative estimate of drug-likeness (QED) is 0.590. The summed E-state index contributed by atoms with van der Waals surface area (Å²) >= 11 is 24.8. The Kier molecular flexibility index (Phi) is 6.94. The van der Waals surface area contributed by atoms with Crippen LogP contribution in [0.3, 0.4) is 0 Å². The molecule has 1 heterocycles. The number of hydrogen-bond acceptors (Lipinski definition) is 3. The first-order chi connectivity index (χ1) is 15.2. The predicted molar refractivity (Wildman–Crippen MR) is 129 cm³/mol. The molecular weight excluding hydrogens is 492 g/mol. The summed E-state index contributed by atoms with van der Waals surface area (Å²) in [6.07, 6.45) is 2.28. The molecule has 2 atom stereocenters. The van der Waals surface area contributed by atoms with Gasteiger partial charge < -0.3 is 16.0 Å². The summed E-state index contributed by atoms with van der Waals surface area (Å²) in [6.45, 7) is 1.03. The first-order valence-electron chi connectivity index (χ1n) is 10.4. The molecule has 0 aromatic heterocycles. The van der Waals surface area contributed by atoms with Gasteiger partial charge in [0.2, 0.25) is 11.8 Å². The van der Waals surface area contributed by atoms with Gasteiger partial charge in [-0.25, -0.2) is 0 Å². The molecule has 0 bridgehead atoms. The van der Waals surface area contributed by atoms with Gasteiger partial charge in [-0.3, -0.25) is 9.59 Å². The van der Waals surface area contributed by atoms with Crippen molar-refractivity contribution in [1.29, 1.82) is 0 Å². The van der Waals surface area contributed by atoms with Gasteiger partial charge >= 0.3 is 0 Å². The Labute approximate surface area is 207 Å². The van der Waals surface area contributed by atoms with Crippen LogP contribution in [-0.4, -0.2) is 41.9 Å². The number of rotatable bonds is 6. The van der Waals surface area contributed by atoms with Crippen molar-refractivity contribution in [1.82, 2.24) is 10.2 Å². The summed E-state index contributed by atoms with van der Waals surface area (Å²) in [5.74, 6) is -0.399. The molecule has 1 saturated carbocycles. The third-order valence-electron chi connectivity index (χ3n) is 6.21. The lowest BCUT2D eigenvalue weighted by atomic mass is 9.93. The second-order valence-corrected chi connectivity index (χ2v) is 10.2. The van der Waals surface area contributed by atoms with E-state index in [0.29, 0.717) is 46.0 Å². The maximum Gasteiger partial charge on any atom is 0.245 e. The molecule has 32 heavy (non-hydrogen) atoms. The molecule has 1 aliphatic carbocycles. The highest BCUT2D eigenvalue weighted by Gasteiger charge is 2.53. The molecule has 2 amide bonds. The standard InChI is InChI=1S/C23H23Cl4N3O2/c24-14-2-1-13(18(26)10-14)9-20(21(31)30-8-5-16(28)12-30)29-22(32)23(6-7-23)17-4-3-15(25)11-19(17)27/h1-4,10-11,16,20H,5-9,12,28H2,(H,29,32). The number of nitrogens with zero attached hydrogens (tertiary/aromatic N) is 1. The third kappa shape index (κ3) is 4.87. The smallest absolute Gasteiger partial charge is 0.245 e. The zero-order valence-electron chi connectivity index (χ0n) is 17.2. The van der Waals surface area contributed by atoms with Gasteiger partial charge in [-0.05, 0) is 54.7 Å². The molecule has 2 aromatic rings. The average Bonchev–Trinajstić information content (AvgIpc) is 3.42. The largest absolute Gasteiger partial charge is 0.343 e. The average molecular weight is 515 g/mol. The molecule has 0 radical (unpaired) electrons. The fourth-order valence-corrected chi connectivity index (χ4v) is 5.31.